The highest BCUT2D eigenvalue weighted by Crippen LogP contribution is 2.01. The van der Waals surface area contributed by atoms with Crippen molar-refractivity contribution in [3.63, 3.8) is 0 Å². The predicted octanol–water partition coefficient (Wildman–Crippen LogP) is 0.897. The van der Waals surface area contributed by atoms with E-state index in [9.17, 15) is 13.2 Å². The lowest BCUT2D eigenvalue weighted by Gasteiger charge is -2.06. The minimum absolute atomic E-state index is 0.190. The van der Waals surface area contributed by atoms with E-state index >= 15 is 0 Å². The largest absolute Gasteiger partial charge is 0.463 e. The van der Waals surface area contributed by atoms with Crippen LogP contribution in [0.25, 0.3) is 0 Å². The summed E-state index contributed by atoms with van der Waals surface area (Å²) in [4.78, 5) is 10.8. The molecule has 6 heteroatoms. The van der Waals surface area contributed by atoms with Gasteiger partial charge in [0.25, 0.3) is 0 Å². The van der Waals surface area contributed by atoms with E-state index in [1.54, 1.807) is 13.8 Å². The Balaban J connectivity index is 3.73. The Hall–Kier alpha value is -0.290. The summed E-state index contributed by atoms with van der Waals surface area (Å²) in [6.45, 7) is 3.38. The summed E-state index contributed by atoms with van der Waals surface area (Å²) in [6.07, 6.45) is -0.417. The highest BCUT2D eigenvalue weighted by Gasteiger charge is 2.11. The lowest BCUT2D eigenvalue weighted by molar-refractivity contribution is -0.146. The monoisotopic (exact) mass is 214 g/mol. The Morgan fingerprint density at radius 1 is 1.50 bits per heavy atom. The average molecular weight is 215 g/mol. The molecule has 0 fully saturated rings. The van der Waals surface area contributed by atoms with Gasteiger partial charge in [0, 0.05) is 10.7 Å². The smallest absolute Gasteiger partial charge is 0.307 e. The van der Waals surface area contributed by atoms with Crippen molar-refractivity contribution < 1.29 is 17.9 Å². The Morgan fingerprint density at radius 2 is 2.00 bits per heavy atom. The molecule has 0 saturated carbocycles. The van der Waals surface area contributed by atoms with E-state index < -0.39 is 15.0 Å². The molecule has 0 spiro atoms. The van der Waals surface area contributed by atoms with Gasteiger partial charge in [-0.2, -0.15) is 0 Å². The molecule has 0 atom stereocenters. The second-order valence-corrected chi connectivity index (χ2v) is 5.43. The molecule has 72 valence electrons. The first-order valence-electron chi connectivity index (χ1n) is 3.43. The van der Waals surface area contributed by atoms with Crippen LogP contribution in [0.4, 0.5) is 0 Å². The molecule has 0 aromatic carbocycles. The number of halogens is 1. The van der Waals surface area contributed by atoms with Crippen LogP contribution in [-0.2, 0) is 18.6 Å². The van der Waals surface area contributed by atoms with Crippen LogP contribution >= 0.6 is 10.7 Å². The van der Waals surface area contributed by atoms with E-state index in [1.807, 2.05) is 0 Å². The van der Waals surface area contributed by atoms with Crippen LogP contribution in [-0.4, -0.2) is 26.2 Å². The molecule has 0 amide bonds. The maximum Gasteiger partial charge on any atom is 0.307 e. The molecule has 0 heterocycles. The van der Waals surface area contributed by atoms with Crippen LogP contribution < -0.4 is 0 Å². The van der Waals surface area contributed by atoms with Crippen molar-refractivity contribution in [2.75, 3.05) is 5.75 Å². The van der Waals surface area contributed by atoms with Crippen molar-refractivity contribution in [3.8, 4) is 0 Å². The lowest BCUT2D eigenvalue weighted by atomic mass is 10.4. The predicted molar refractivity (Wildman–Crippen MR) is 45.5 cm³/mol. The van der Waals surface area contributed by atoms with Crippen LogP contribution in [0.1, 0.15) is 20.3 Å². The molecule has 12 heavy (non-hydrogen) atoms. The quantitative estimate of drug-likeness (QED) is 0.515. The van der Waals surface area contributed by atoms with Gasteiger partial charge in [-0.15, -0.1) is 0 Å². The maximum atomic E-state index is 10.8. The van der Waals surface area contributed by atoms with Gasteiger partial charge in [-0.3, -0.25) is 4.79 Å². The number of hydrogen-bond donors (Lipinski definition) is 0. The summed E-state index contributed by atoms with van der Waals surface area (Å²) in [6, 6.07) is 0. The number of esters is 1. The first kappa shape index (κ1) is 11.7. The first-order chi connectivity index (χ1) is 5.31. The van der Waals surface area contributed by atoms with Crippen LogP contribution in [0.15, 0.2) is 0 Å². The second-order valence-electron chi connectivity index (χ2n) is 2.53. The van der Waals surface area contributed by atoms with Crippen molar-refractivity contribution in [1.29, 1.82) is 0 Å². The molecule has 0 N–H and O–H groups in total. The number of rotatable bonds is 4. The van der Waals surface area contributed by atoms with Crippen molar-refractivity contribution in [2.45, 2.75) is 26.4 Å². The Bertz CT molecular complexity index is 244. The van der Waals surface area contributed by atoms with Gasteiger partial charge in [0.1, 0.15) is 0 Å². The fourth-order valence-electron chi connectivity index (χ4n) is 0.527. The van der Waals surface area contributed by atoms with Gasteiger partial charge < -0.3 is 4.74 Å². The molecule has 0 radical (unpaired) electrons. The molecule has 0 aromatic heterocycles. The molecule has 0 saturated heterocycles. The lowest BCUT2D eigenvalue weighted by Crippen LogP contribution is -2.14. The van der Waals surface area contributed by atoms with Crippen LogP contribution in [0.3, 0.4) is 0 Å². The van der Waals surface area contributed by atoms with E-state index in [2.05, 4.69) is 4.74 Å². The van der Waals surface area contributed by atoms with Crippen molar-refractivity contribution in [1.82, 2.24) is 0 Å². The molecular formula is C6H11ClO4S. The third-order valence-electron chi connectivity index (χ3n) is 0.917. The zero-order valence-corrected chi connectivity index (χ0v) is 8.48. The second kappa shape index (κ2) is 4.67. The fourth-order valence-corrected chi connectivity index (χ4v) is 1.17. The zero-order valence-electron chi connectivity index (χ0n) is 6.91. The van der Waals surface area contributed by atoms with Gasteiger partial charge in [-0.1, -0.05) is 0 Å². The van der Waals surface area contributed by atoms with Gasteiger partial charge >= 0.3 is 5.97 Å². The molecular weight excluding hydrogens is 204 g/mol. The van der Waals surface area contributed by atoms with Gasteiger partial charge in [0.15, 0.2) is 0 Å². The molecule has 0 aliphatic rings. The Morgan fingerprint density at radius 3 is 2.33 bits per heavy atom. The average Bonchev–Trinajstić information content (AvgIpc) is 1.80. The topological polar surface area (TPSA) is 60.4 Å². The summed E-state index contributed by atoms with van der Waals surface area (Å²) >= 11 is 0. The Kier molecular flexibility index (Phi) is 4.55. The van der Waals surface area contributed by atoms with Gasteiger partial charge in [-0.25, -0.2) is 8.42 Å². The van der Waals surface area contributed by atoms with Crippen molar-refractivity contribution in [3.05, 3.63) is 0 Å². The highest BCUT2D eigenvalue weighted by molar-refractivity contribution is 8.13. The minimum atomic E-state index is -3.58. The molecule has 0 aromatic rings. The third kappa shape index (κ3) is 7.81. The number of ether oxygens (including phenoxy) is 1. The molecule has 0 aliphatic carbocycles. The Labute approximate surface area is 76.3 Å². The fraction of sp³-hybridized carbons (Fsp3) is 0.833. The zero-order chi connectivity index (χ0) is 9.78. The van der Waals surface area contributed by atoms with Crippen molar-refractivity contribution >= 4 is 25.7 Å². The molecule has 0 bridgehead atoms. The third-order valence-corrected chi connectivity index (χ3v) is 2.07. The van der Waals surface area contributed by atoms with Gasteiger partial charge in [0.05, 0.1) is 18.3 Å². The van der Waals surface area contributed by atoms with Crippen LogP contribution in [0.2, 0.25) is 0 Å². The van der Waals surface area contributed by atoms with Gasteiger partial charge in [-0.05, 0) is 13.8 Å². The van der Waals surface area contributed by atoms with Crippen LogP contribution in [0.5, 0.6) is 0 Å². The summed E-state index contributed by atoms with van der Waals surface area (Å²) < 4.78 is 25.4. The van der Waals surface area contributed by atoms with E-state index in [4.69, 9.17) is 10.7 Å². The van der Waals surface area contributed by atoms with E-state index in [-0.39, 0.29) is 18.3 Å². The van der Waals surface area contributed by atoms with Crippen LogP contribution in [0, 0.1) is 0 Å². The highest BCUT2D eigenvalue weighted by atomic mass is 35.7. The van der Waals surface area contributed by atoms with Gasteiger partial charge in [0.2, 0.25) is 9.05 Å². The van der Waals surface area contributed by atoms with E-state index in [0.29, 0.717) is 0 Å². The molecule has 0 rings (SSSR count). The van der Waals surface area contributed by atoms with E-state index in [0.717, 1.165) is 0 Å². The summed E-state index contributed by atoms with van der Waals surface area (Å²) in [7, 11) is 1.29. The normalized spacial score (nSPS) is 11.7. The number of carbonyl (C=O) groups excluding carboxylic acids is 1. The number of carbonyl (C=O) groups is 1. The minimum Gasteiger partial charge on any atom is -0.463 e. The first-order valence-corrected chi connectivity index (χ1v) is 5.91. The summed E-state index contributed by atoms with van der Waals surface area (Å²) in [5.41, 5.74) is 0. The van der Waals surface area contributed by atoms with Crippen molar-refractivity contribution in [2.24, 2.45) is 0 Å². The maximum absolute atomic E-state index is 10.8. The number of hydrogen-bond acceptors (Lipinski definition) is 4. The van der Waals surface area contributed by atoms with E-state index in [1.165, 1.54) is 0 Å². The standard InChI is InChI=1S/C6H11ClO4S/c1-5(2)11-6(8)3-4-12(7,9)10/h5H,3-4H2,1-2H3. The molecule has 4 nitrogen and oxygen atoms in total. The molecule has 0 unspecified atom stereocenters. The molecule has 0 aliphatic heterocycles. The summed E-state index contributed by atoms with van der Waals surface area (Å²) in [5, 5.41) is 0. The SMILES string of the molecule is CC(C)OC(=O)CCS(=O)(=O)Cl. The summed E-state index contributed by atoms with van der Waals surface area (Å²) in [5.74, 6) is -0.922.